The second-order valence-corrected chi connectivity index (χ2v) is 5.12. The van der Waals surface area contributed by atoms with Crippen molar-refractivity contribution in [2.45, 2.75) is 19.4 Å². The number of rotatable bonds is 8. The van der Waals surface area contributed by atoms with Gasteiger partial charge in [-0.1, -0.05) is 6.92 Å². The van der Waals surface area contributed by atoms with Crippen LogP contribution in [0.3, 0.4) is 0 Å². The van der Waals surface area contributed by atoms with Crippen molar-refractivity contribution in [3.63, 3.8) is 0 Å². The van der Waals surface area contributed by atoms with Crippen LogP contribution in [0.5, 0.6) is 0 Å². The summed E-state index contributed by atoms with van der Waals surface area (Å²) in [5, 5.41) is 22.1. The molecule has 7 nitrogen and oxygen atoms in total. The molecule has 8 heteroatoms. The summed E-state index contributed by atoms with van der Waals surface area (Å²) in [4.78, 5) is 21.4. The molecule has 0 aromatic heterocycles. The molecule has 0 bridgehead atoms. The average Bonchev–Trinajstić information content (AvgIpc) is 2.28. The number of carbonyl (C=O) groups excluding carboxylic acids is 1. The van der Waals surface area contributed by atoms with E-state index in [1.165, 1.54) is 0 Å². The van der Waals surface area contributed by atoms with Crippen LogP contribution < -0.4 is 10.6 Å². The van der Waals surface area contributed by atoms with Gasteiger partial charge in [-0.05, 0) is 0 Å². The summed E-state index contributed by atoms with van der Waals surface area (Å²) in [6.07, 6.45) is -1.52. The molecule has 0 spiro atoms. The first kappa shape index (κ1) is 15.9. The Morgan fingerprint density at radius 3 is 2.41 bits per heavy atom. The van der Waals surface area contributed by atoms with Crippen molar-refractivity contribution < 1.29 is 24.0 Å². The summed E-state index contributed by atoms with van der Waals surface area (Å²) in [5.74, 6) is -0.374. The van der Waals surface area contributed by atoms with Gasteiger partial charge in [-0.3, -0.25) is 4.21 Å². The van der Waals surface area contributed by atoms with E-state index in [-0.39, 0.29) is 13.0 Å². The summed E-state index contributed by atoms with van der Waals surface area (Å²) < 4.78 is 11.0. The summed E-state index contributed by atoms with van der Waals surface area (Å²) in [6, 6.07) is -0.462. The third kappa shape index (κ3) is 8.64. The molecule has 4 N–H and O–H groups in total. The molecule has 0 rings (SSSR count). The van der Waals surface area contributed by atoms with Gasteiger partial charge in [0, 0.05) is 41.8 Å². The van der Waals surface area contributed by atoms with E-state index in [0.717, 1.165) is 0 Å². The smallest absolute Gasteiger partial charge is 0.332 e. The van der Waals surface area contributed by atoms with Gasteiger partial charge in [0.15, 0.2) is 6.10 Å². The van der Waals surface area contributed by atoms with Crippen molar-refractivity contribution in [1.82, 2.24) is 10.6 Å². The molecule has 0 aliphatic heterocycles. The number of carbonyl (C=O) groups is 2. The highest BCUT2D eigenvalue weighted by Crippen LogP contribution is 1.89. The predicted molar refractivity (Wildman–Crippen MR) is 63.2 cm³/mol. The summed E-state index contributed by atoms with van der Waals surface area (Å²) in [7, 11) is -0.923. The van der Waals surface area contributed by atoms with E-state index >= 15 is 0 Å². The maximum absolute atomic E-state index is 11.1. The minimum atomic E-state index is -1.47. The molecule has 0 aromatic carbocycles. The van der Waals surface area contributed by atoms with Crippen LogP contribution in [0.25, 0.3) is 0 Å². The third-order valence-electron chi connectivity index (χ3n) is 1.93. The molecule has 0 saturated carbocycles. The monoisotopic (exact) mass is 266 g/mol. The maximum atomic E-state index is 11.1. The second kappa shape index (κ2) is 8.94. The highest BCUT2D eigenvalue weighted by molar-refractivity contribution is 7.84. The molecular formula is C9H18N2O5S. The molecule has 2 atom stereocenters. The Hall–Kier alpha value is -1.15. The fraction of sp³-hybridized carbons (Fsp3) is 0.778. The molecule has 0 heterocycles. The van der Waals surface area contributed by atoms with Gasteiger partial charge in [-0.15, -0.1) is 0 Å². The van der Waals surface area contributed by atoms with Crippen LogP contribution in [0.1, 0.15) is 13.3 Å². The van der Waals surface area contributed by atoms with Gasteiger partial charge in [0.05, 0.1) is 0 Å². The maximum Gasteiger partial charge on any atom is 0.332 e. The molecule has 2 amide bonds. The van der Waals surface area contributed by atoms with Gasteiger partial charge in [-0.2, -0.15) is 0 Å². The number of aliphatic hydroxyl groups excluding tert-OH is 1. The van der Waals surface area contributed by atoms with Crippen molar-refractivity contribution >= 4 is 22.8 Å². The summed E-state index contributed by atoms with van der Waals surface area (Å²) in [5.41, 5.74) is 0. The van der Waals surface area contributed by atoms with Crippen molar-refractivity contribution in [2.75, 3.05) is 24.6 Å². The number of amides is 2. The Morgan fingerprint density at radius 2 is 1.88 bits per heavy atom. The van der Waals surface area contributed by atoms with Crippen molar-refractivity contribution in [3.05, 3.63) is 0 Å². The Labute approximate surface area is 102 Å². The number of aliphatic hydroxyl groups is 1. The molecule has 0 aliphatic rings. The fourth-order valence-electron chi connectivity index (χ4n) is 0.931. The lowest BCUT2D eigenvalue weighted by molar-refractivity contribution is -0.146. The van der Waals surface area contributed by atoms with Crippen molar-refractivity contribution in [3.8, 4) is 0 Å². The molecule has 17 heavy (non-hydrogen) atoms. The van der Waals surface area contributed by atoms with Crippen molar-refractivity contribution in [1.29, 1.82) is 0 Å². The average molecular weight is 266 g/mol. The van der Waals surface area contributed by atoms with Crippen LogP contribution in [0, 0.1) is 0 Å². The SMILES string of the molecule is CCS(=O)CCNC(=O)NCCC(O)C(=O)O. The standard InChI is InChI=1S/C9H18N2O5S/c1-2-17(16)6-5-11-9(15)10-4-3-7(12)8(13)14/h7,12H,2-6H2,1H3,(H,13,14)(H2,10,11,15). The minimum absolute atomic E-state index is 0.0519. The van der Waals surface area contributed by atoms with Gasteiger partial charge >= 0.3 is 12.0 Å². The van der Waals surface area contributed by atoms with Gasteiger partial charge < -0.3 is 20.8 Å². The normalized spacial score (nSPS) is 13.8. The highest BCUT2D eigenvalue weighted by atomic mass is 32.2. The molecule has 0 fully saturated rings. The lowest BCUT2D eigenvalue weighted by Gasteiger charge is -2.08. The molecule has 0 saturated heterocycles. The van der Waals surface area contributed by atoms with E-state index in [9.17, 15) is 13.8 Å². The lowest BCUT2D eigenvalue weighted by atomic mass is 10.2. The summed E-state index contributed by atoms with van der Waals surface area (Å²) >= 11 is 0. The van der Waals surface area contributed by atoms with Gasteiger partial charge in [0.1, 0.15) is 0 Å². The fourth-order valence-corrected chi connectivity index (χ4v) is 1.55. The number of urea groups is 1. The first-order chi connectivity index (χ1) is 7.97. The van der Waals surface area contributed by atoms with Crippen LogP contribution >= 0.6 is 0 Å². The van der Waals surface area contributed by atoms with E-state index in [1.807, 2.05) is 0 Å². The topological polar surface area (TPSA) is 116 Å². The zero-order chi connectivity index (χ0) is 13.3. The second-order valence-electron chi connectivity index (χ2n) is 3.26. The largest absolute Gasteiger partial charge is 0.479 e. The Balaban J connectivity index is 3.53. The predicted octanol–water partition coefficient (Wildman–Crippen LogP) is -1.11. The highest BCUT2D eigenvalue weighted by Gasteiger charge is 2.12. The first-order valence-corrected chi connectivity index (χ1v) is 6.73. The van der Waals surface area contributed by atoms with E-state index in [1.54, 1.807) is 6.92 Å². The summed E-state index contributed by atoms with van der Waals surface area (Å²) in [6.45, 7) is 2.16. The van der Waals surface area contributed by atoms with E-state index in [4.69, 9.17) is 10.2 Å². The first-order valence-electron chi connectivity index (χ1n) is 5.25. The van der Waals surface area contributed by atoms with Gasteiger partial charge in [0.2, 0.25) is 0 Å². The number of carboxylic acids is 1. The Morgan fingerprint density at radius 1 is 1.29 bits per heavy atom. The van der Waals surface area contributed by atoms with E-state index < -0.39 is 28.9 Å². The molecule has 0 aliphatic carbocycles. The third-order valence-corrected chi connectivity index (χ3v) is 3.23. The number of nitrogens with one attached hydrogen (secondary N) is 2. The molecular weight excluding hydrogens is 248 g/mol. The number of carboxylic acid groups (broad SMARTS) is 1. The minimum Gasteiger partial charge on any atom is -0.479 e. The van der Waals surface area contributed by atoms with E-state index in [2.05, 4.69) is 10.6 Å². The van der Waals surface area contributed by atoms with Crippen LogP contribution in [0.15, 0.2) is 0 Å². The number of hydrogen-bond donors (Lipinski definition) is 4. The zero-order valence-corrected chi connectivity index (χ0v) is 10.5. The Bertz CT molecular complexity index is 285. The molecule has 0 radical (unpaired) electrons. The van der Waals surface area contributed by atoms with Crippen molar-refractivity contribution in [2.24, 2.45) is 0 Å². The Kier molecular flexibility index (Phi) is 8.34. The molecule has 2 unspecified atom stereocenters. The molecule has 0 aromatic rings. The van der Waals surface area contributed by atoms with Gasteiger partial charge in [0.25, 0.3) is 0 Å². The van der Waals surface area contributed by atoms with Gasteiger partial charge in [-0.25, -0.2) is 9.59 Å². The van der Waals surface area contributed by atoms with E-state index in [0.29, 0.717) is 18.1 Å². The number of hydrogen-bond acceptors (Lipinski definition) is 4. The zero-order valence-electron chi connectivity index (χ0n) is 9.64. The van der Waals surface area contributed by atoms with Crippen LogP contribution in [0.4, 0.5) is 4.79 Å². The quantitative estimate of drug-likeness (QED) is 0.444. The lowest BCUT2D eigenvalue weighted by Crippen LogP contribution is -2.39. The number of aliphatic carboxylic acids is 1. The van der Waals surface area contributed by atoms with Crippen LogP contribution in [-0.2, 0) is 15.6 Å². The van der Waals surface area contributed by atoms with Crippen LogP contribution in [0.2, 0.25) is 0 Å². The van der Waals surface area contributed by atoms with Crippen LogP contribution in [-0.4, -0.2) is 57.1 Å². The molecule has 100 valence electrons.